The minimum atomic E-state index is 0.363. The van der Waals surface area contributed by atoms with Gasteiger partial charge in [0.1, 0.15) is 10.3 Å². The zero-order valence-electron chi connectivity index (χ0n) is 11.0. The maximum atomic E-state index is 6.34. The number of aromatic nitrogens is 2. The molecule has 0 amide bonds. The van der Waals surface area contributed by atoms with Gasteiger partial charge in [-0.25, -0.2) is 9.97 Å². The third kappa shape index (κ3) is 3.29. The van der Waals surface area contributed by atoms with E-state index in [0.29, 0.717) is 37.7 Å². The summed E-state index contributed by atoms with van der Waals surface area (Å²) < 4.78 is 0. The highest BCUT2D eigenvalue weighted by Crippen LogP contribution is 2.40. The first-order valence-electron chi connectivity index (χ1n) is 6.74. The minimum Gasteiger partial charge on any atom is -0.216 e. The van der Waals surface area contributed by atoms with E-state index in [1.807, 2.05) is 0 Å². The molecule has 21 heavy (non-hydrogen) atoms. The third-order valence-corrected chi connectivity index (χ3v) is 4.75. The molecule has 0 aliphatic heterocycles. The van der Waals surface area contributed by atoms with E-state index in [1.165, 1.54) is 12.8 Å². The lowest BCUT2D eigenvalue weighted by Gasteiger charge is -2.14. The largest absolute Gasteiger partial charge is 0.216 e. The molecule has 1 aliphatic rings. The van der Waals surface area contributed by atoms with Crippen molar-refractivity contribution in [2.45, 2.75) is 31.6 Å². The van der Waals surface area contributed by atoms with Gasteiger partial charge in [-0.3, -0.25) is 0 Å². The van der Waals surface area contributed by atoms with E-state index >= 15 is 0 Å². The summed E-state index contributed by atoms with van der Waals surface area (Å²) in [5, 5.41) is 1.89. The second kappa shape index (κ2) is 6.29. The van der Waals surface area contributed by atoms with Crippen molar-refractivity contribution in [3.05, 3.63) is 44.1 Å². The second-order valence-electron chi connectivity index (χ2n) is 5.18. The van der Waals surface area contributed by atoms with E-state index in [4.69, 9.17) is 46.4 Å². The van der Waals surface area contributed by atoms with Gasteiger partial charge in [-0.15, -0.1) is 0 Å². The predicted octanol–water partition coefficient (Wildman–Crippen LogP) is 6.41. The highest BCUT2D eigenvalue weighted by molar-refractivity contribution is 6.35. The van der Waals surface area contributed by atoms with Crippen molar-refractivity contribution in [3.63, 3.8) is 0 Å². The van der Waals surface area contributed by atoms with E-state index in [9.17, 15) is 0 Å². The average Bonchev–Trinajstić information content (AvgIpc) is 2.90. The van der Waals surface area contributed by atoms with Gasteiger partial charge in [0, 0.05) is 21.2 Å². The zero-order valence-corrected chi connectivity index (χ0v) is 14.1. The third-order valence-electron chi connectivity index (χ3n) is 3.74. The highest BCUT2D eigenvalue weighted by Gasteiger charge is 2.24. The molecule has 1 saturated carbocycles. The molecule has 0 atom stereocenters. The van der Waals surface area contributed by atoms with Crippen LogP contribution in [0.2, 0.25) is 20.4 Å². The standard InChI is InChI=1S/C15H12Cl4N2/c16-10-5-9(6-11(17)7-10)15-20-13(18)12(14(19)21-15)8-3-1-2-4-8/h5-8H,1-4H2. The Morgan fingerprint density at radius 2 is 1.33 bits per heavy atom. The van der Waals surface area contributed by atoms with Gasteiger partial charge in [0.05, 0.1) is 0 Å². The molecule has 0 spiro atoms. The van der Waals surface area contributed by atoms with Gasteiger partial charge in [0.25, 0.3) is 0 Å². The molecular weight excluding hydrogens is 350 g/mol. The Balaban J connectivity index is 2.05. The van der Waals surface area contributed by atoms with Crippen molar-refractivity contribution in [2.24, 2.45) is 0 Å². The predicted molar refractivity (Wildman–Crippen MR) is 88.7 cm³/mol. The van der Waals surface area contributed by atoms with Crippen LogP contribution in [0.4, 0.5) is 0 Å². The zero-order chi connectivity index (χ0) is 15.0. The Morgan fingerprint density at radius 1 is 0.810 bits per heavy atom. The van der Waals surface area contributed by atoms with Crippen LogP contribution in [0.25, 0.3) is 11.4 Å². The van der Waals surface area contributed by atoms with Gasteiger partial charge < -0.3 is 0 Å². The van der Waals surface area contributed by atoms with Crippen LogP contribution >= 0.6 is 46.4 Å². The van der Waals surface area contributed by atoms with Crippen molar-refractivity contribution in [2.75, 3.05) is 0 Å². The van der Waals surface area contributed by atoms with Crippen LogP contribution in [-0.4, -0.2) is 9.97 Å². The molecule has 0 bridgehead atoms. The quantitative estimate of drug-likeness (QED) is 0.577. The first-order chi connectivity index (χ1) is 10.0. The summed E-state index contributed by atoms with van der Waals surface area (Å²) in [6.07, 6.45) is 4.57. The lowest BCUT2D eigenvalue weighted by atomic mass is 10.0. The fraction of sp³-hybridized carbons (Fsp3) is 0.333. The maximum absolute atomic E-state index is 6.34. The molecule has 2 aromatic rings. The highest BCUT2D eigenvalue weighted by atomic mass is 35.5. The van der Waals surface area contributed by atoms with Crippen molar-refractivity contribution in [3.8, 4) is 11.4 Å². The molecule has 110 valence electrons. The van der Waals surface area contributed by atoms with Crippen molar-refractivity contribution in [1.29, 1.82) is 0 Å². The van der Waals surface area contributed by atoms with Crippen LogP contribution in [0.3, 0.4) is 0 Å². The smallest absolute Gasteiger partial charge is 0.162 e. The molecule has 0 saturated heterocycles. The van der Waals surface area contributed by atoms with Gasteiger partial charge in [-0.1, -0.05) is 59.2 Å². The van der Waals surface area contributed by atoms with Crippen molar-refractivity contribution >= 4 is 46.4 Å². The Morgan fingerprint density at radius 3 is 1.86 bits per heavy atom. The Labute approximate surface area is 143 Å². The molecule has 0 radical (unpaired) electrons. The monoisotopic (exact) mass is 360 g/mol. The molecule has 1 aliphatic carbocycles. The number of nitrogens with zero attached hydrogens (tertiary/aromatic N) is 2. The second-order valence-corrected chi connectivity index (χ2v) is 6.77. The molecule has 6 heteroatoms. The summed E-state index contributed by atoms with van der Waals surface area (Å²) in [5.74, 6) is 0.804. The fourth-order valence-corrected chi connectivity index (χ4v) is 4.00. The fourth-order valence-electron chi connectivity index (χ4n) is 2.78. The number of benzene rings is 1. The first-order valence-corrected chi connectivity index (χ1v) is 8.25. The van der Waals surface area contributed by atoms with E-state index in [1.54, 1.807) is 18.2 Å². The molecule has 1 aromatic carbocycles. The Bertz CT molecular complexity index is 638. The van der Waals surface area contributed by atoms with E-state index in [-0.39, 0.29) is 0 Å². The van der Waals surface area contributed by atoms with Crippen molar-refractivity contribution in [1.82, 2.24) is 9.97 Å². The maximum Gasteiger partial charge on any atom is 0.162 e. The van der Waals surface area contributed by atoms with Gasteiger partial charge in [0.15, 0.2) is 5.82 Å². The van der Waals surface area contributed by atoms with Crippen LogP contribution in [0.1, 0.15) is 37.2 Å². The normalized spacial score (nSPS) is 15.6. The molecule has 1 heterocycles. The summed E-state index contributed by atoms with van der Waals surface area (Å²) in [4.78, 5) is 8.77. The van der Waals surface area contributed by atoms with Crippen LogP contribution in [0.15, 0.2) is 18.2 Å². The Hall–Kier alpha value is -0.540. The van der Waals surface area contributed by atoms with E-state index in [2.05, 4.69) is 9.97 Å². The molecule has 2 nitrogen and oxygen atoms in total. The topological polar surface area (TPSA) is 25.8 Å². The minimum absolute atomic E-state index is 0.363. The molecule has 0 N–H and O–H groups in total. The van der Waals surface area contributed by atoms with E-state index in [0.717, 1.165) is 18.4 Å². The lowest BCUT2D eigenvalue weighted by Crippen LogP contribution is -2.01. The van der Waals surface area contributed by atoms with Crippen LogP contribution in [0, 0.1) is 0 Å². The number of rotatable bonds is 2. The van der Waals surface area contributed by atoms with Crippen LogP contribution in [-0.2, 0) is 0 Å². The number of hydrogen-bond donors (Lipinski definition) is 0. The first kappa shape index (κ1) is 15.4. The molecule has 1 aromatic heterocycles. The van der Waals surface area contributed by atoms with Crippen LogP contribution < -0.4 is 0 Å². The number of hydrogen-bond acceptors (Lipinski definition) is 2. The summed E-state index contributed by atoms with van der Waals surface area (Å²) in [6, 6.07) is 5.14. The average molecular weight is 362 g/mol. The summed E-state index contributed by atoms with van der Waals surface area (Å²) in [6.45, 7) is 0. The van der Waals surface area contributed by atoms with Gasteiger partial charge >= 0.3 is 0 Å². The Kier molecular flexibility index (Phi) is 4.60. The van der Waals surface area contributed by atoms with E-state index < -0.39 is 0 Å². The van der Waals surface area contributed by atoms with Gasteiger partial charge in [-0.2, -0.15) is 0 Å². The van der Waals surface area contributed by atoms with Gasteiger partial charge in [-0.05, 0) is 37.0 Å². The number of halogens is 4. The lowest BCUT2D eigenvalue weighted by molar-refractivity contribution is 0.715. The summed E-state index contributed by atoms with van der Waals surface area (Å²) in [7, 11) is 0. The molecule has 0 unspecified atom stereocenters. The van der Waals surface area contributed by atoms with Gasteiger partial charge in [0.2, 0.25) is 0 Å². The molecule has 1 fully saturated rings. The SMILES string of the molecule is Clc1cc(Cl)cc(-c2nc(Cl)c(C3CCCC3)c(Cl)n2)c1. The molecule has 3 rings (SSSR count). The summed E-state index contributed by atoms with van der Waals surface area (Å²) >= 11 is 24.7. The van der Waals surface area contributed by atoms with Crippen molar-refractivity contribution < 1.29 is 0 Å². The summed E-state index contributed by atoms with van der Waals surface area (Å²) in [5.41, 5.74) is 1.57. The van der Waals surface area contributed by atoms with Crippen LogP contribution in [0.5, 0.6) is 0 Å². The molecular formula is C15H12Cl4N2.